The third-order valence-corrected chi connectivity index (χ3v) is 4.04. The Kier molecular flexibility index (Phi) is 14.8. The van der Waals surface area contributed by atoms with E-state index in [0.29, 0.717) is 5.82 Å². The zero-order valence-electron chi connectivity index (χ0n) is 20.0. The number of fused-ring (bicyclic) bond motifs is 1. The monoisotopic (exact) mass is 423 g/mol. The van der Waals surface area contributed by atoms with E-state index in [9.17, 15) is 0 Å². The normalized spacial score (nSPS) is 10.0. The topological polar surface area (TPSA) is 68.6 Å². The molecule has 0 atom stereocenters. The first kappa shape index (κ1) is 27.8. The summed E-state index contributed by atoms with van der Waals surface area (Å²) in [6, 6.07) is 6.18. The number of methoxy groups -OCH3 is 1. The zero-order valence-corrected chi connectivity index (χ0v) is 20.0. The predicted octanol–water partition coefficient (Wildman–Crippen LogP) is 6.29. The number of nitrogens with one attached hydrogen (secondary N) is 1. The van der Waals surface area contributed by atoms with Crippen LogP contribution in [0.5, 0.6) is 0 Å². The Balaban J connectivity index is 0.000000692. The summed E-state index contributed by atoms with van der Waals surface area (Å²) in [6.07, 6.45) is 11.5. The standard InChI is InChI=1S/C15H15N5.C5H10O.C3H6.C2H6/c1-4-5-6-12-10(2)20(3)14-8-7-11(9-13(12)14)15-16-18-19-17-15;1-3-4-5-6-2;1-3-2;1-2/h4-9H,1H2,2-3H3,(H,16,17,18,19);3-4H,5H2,1-2H3;3H,1H2,2H3;1-2H3/b6-5-;4-3+;;. The lowest BCUT2D eigenvalue weighted by atomic mass is 10.1. The largest absolute Gasteiger partial charge is 0.381 e. The summed E-state index contributed by atoms with van der Waals surface area (Å²) in [5, 5.41) is 15.3. The minimum atomic E-state index is 0.604. The van der Waals surface area contributed by atoms with Crippen molar-refractivity contribution in [2.45, 2.75) is 34.6 Å². The molecule has 6 nitrogen and oxygen atoms in total. The average Bonchev–Trinajstić information content (AvgIpc) is 3.41. The van der Waals surface area contributed by atoms with Crippen LogP contribution in [0, 0.1) is 6.92 Å². The van der Waals surface area contributed by atoms with Gasteiger partial charge in [0.05, 0.1) is 6.61 Å². The number of tetrazole rings is 1. The van der Waals surface area contributed by atoms with Gasteiger partial charge in [-0.3, -0.25) is 0 Å². The van der Waals surface area contributed by atoms with Crippen molar-refractivity contribution >= 4 is 17.0 Å². The van der Waals surface area contributed by atoms with Gasteiger partial charge in [-0.15, -0.1) is 16.8 Å². The van der Waals surface area contributed by atoms with Gasteiger partial charge in [-0.2, -0.15) is 5.21 Å². The van der Waals surface area contributed by atoms with Gasteiger partial charge in [-0.1, -0.05) is 56.9 Å². The van der Waals surface area contributed by atoms with Crippen molar-refractivity contribution < 1.29 is 4.74 Å². The summed E-state index contributed by atoms with van der Waals surface area (Å²) < 4.78 is 6.87. The highest BCUT2D eigenvalue weighted by Gasteiger charge is 2.12. The van der Waals surface area contributed by atoms with E-state index in [1.807, 2.05) is 52.0 Å². The maximum Gasteiger partial charge on any atom is 0.204 e. The van der Waals surface area contributed by atoms with Gasteiger partial charge in [-0.05, 0) is 44.2 Å². The first-order valence-electron chi connectivity index (χ1n) is 10.3. The van der Waals surface area contributed by atoms with Gasteiger partial charge in [0.2, 0.25) is 5.82 Å². The number of nitrogens with zero attached hydrogens (tertiary/aromatic N) is 4. The van der Waals surface area contributed by atoms with Crippen LogP contribution in [0.3, 0.4) is 0 Å². The number of aromatic nitrogens is 5. The van der Waals surface area contributed by atoms with E-state index >= 15 is 0 Å². The Morgan fingerprint density at radius 2 is 1.87 bits per heavy atom. The number of aromatic amines is 1. The highest BCUT2D eigenvalue weighted by molar-refractivity contribution is 5.93. The van der Waals surface area contributed by atoms with Crippen molar-refractivity contribution in [3.63, 3.8) is 0 Å². The van der Waals surface area contributed by atoms with E-state index in [1.165, 1.54) is 22.2 Å². The molecule has 0 fully saturated rings. The van der Waals surface area contributed by atoms with E-state index in [1.54, 1.807) is 19.3 Å². The van der Waals surface area contributed by atoms with E-state index in [-0.39, 0.29) is 0 Å². The summed E-state index contributed by atoms with van der Waals surface area (Å²) in [4.78, 5) is 0. The molecule has 3 aromatic rings. The van der Waals surface area contributed by atoms with Crippen LogP contribution in [0.15, 0.2) is 61.7 Å². The molecule has 0 bridgehead atoms. The Hall–Kier alpha value is -3.25. The molecular weight excluding hydrogens is 386 g/mol. The molecule has 1 aromatic carbocycles. The van der Waals surface area contributed by atoms with Gasteiger partial charge >= 0.3 is 0 Å². The lowest BCUT2D eigenvalue weighted by molar-refractivity contribution is 0.234. The molecule has 31 heavy (non-hydrogen) atoms. The van der Waals surface area contributed by atoms with E-state index in [2.05, 4.69) is 70.5 Å². The number of aryl methyl sites for hydroxylation is 1. The minimum absolute atomic E-state index is 0.604. The molecule has 0 amide bonds. The summed E-state index contributed by atoms with van der Waals surface area (Å²) in [5.74, 6) is 0.604. The lowest BCUT2D eigenvalue weighted by Gasteiger charge is -1.99. The summed E-state index contributed by atoms with van der Waals surface area (Å²) >= 11 is 0. The van der Waals surface area contributed by atoms with Crippen molar-refractivity contribution in [1.29, 1.82) is 0 Å². The van der Waals surface area contributed by atoms with Gasteiger partial charge in [0.25, 0.3) is 0 Å². The molecule has 1 N–H and O–H groups in total. The SMILES string of the molecule is C/C=C/COC.C=C/C=C\c1c(C)n(C)c2ccc(-c3nn[nH]n3)cc12.C=CC.CC. The number of rotatable bonds is 5. The Morgan fingerprint density at radius 3 is 2.35 bits per heavy atom. The smallest absolute Gasteiger partial charge is 0.204 e. The highest BCUT2D eigenvalue weighted by Crippen LogP contribution is 2.29. The third-order valence-electron chi connectivity index (χ3n) is 4.04. The van der Waals surface area contributed by atoms with Crippen molar-refractivity contribution in [3.05, 3.63) is 73.0 Å². The second-order valence-electron chi connectivity index (χ2n) is 6.05. The van der Waals surface area contributed by atoms with Crippen LogP contribution in [0.2, 0.25) is 0 Å². The fourth-order valence-electron chi connectivity index (χ4n) is 2.59. The molecule has 0 spiro atoms. The number of allylic oxidation sites excluding steroid dienone is 4. The van der Waals surface area contributed by atoms with Gasteiger partial charge in [0.15, 0.2) is 0 Å². The molecule has 2 aromatic heterocycles. The molecule has 3 rings (SSSR count). The number of ether oxygens (including phenoxy) is 1. The average molecular weight is 424 g/mol. The summed E-state index contributed by atoms with van der Waals surface area (Å²) in [7, 11) is 3.75. The van der Waals surface area contributed by atoms with E-state index in [4.69, 9.17) is 4.74 Å². The van der Waals surface area contributed by atoms with Crippen molar-refractivity contribution in [1.82, 2.24) is 25.2 Å². The van der Waals surface area contributed by atoms with Gasteiger partial charge in [0, 0.05) is 41.9 Å². The Bertz CT molecular complexity index is 950. The van der Waals surface area contributed by atoms with Crippen LogP contribution in [-0.2, 0) is 11.8 Å². The lowest BCUT2D eigenvalue weighted by Crippen LogP contribution is -1.90. The van der Waals surface area contributed by atoms with Gasteiger partial charge < -0.3 is 9.30 Å². The van der Waals surface area contributed by atoms with Crippen LogP contribution in [-0.4, -0.2) is 38.9 Å². The highest BCUT2D eigenvalue weighted by atomic mass is 16.5. The molecule has 0 aliphatic carbocycles. The fourth-order valence-corrected chi connectivity index (χ4v) is 2.59. The quantitative estimate of drug-likeness (QED) is 0.386. The molecule has 0 radical (unpaired) electrons. The molecule has 0 saturated carbocycles. The Morgan fingerprint density at radius 1 is 1.19 bits per heavy atom. The maximum atomic E-state index is 4.70. The van der Waals surface area contributed by atoms with Crippen LogP contribution in [0.1, 0.15) is 39.0 Å². The molecular formula is C25H37N5O. The molecule has 168 valence electrons. The third kappa shape index (κ3) is 8.56. The number of benzene rings is 1. The molecule has 0 saturated heterocycles. The summed E-state index contributed by atoms with van der Waals surface area (Å²) in [5.41, 5.74) is 4.53. The first-order chi connectivity index (χ1) is 15.0. The van der Waals surface area contributed by atoms with Gasteiger partial charge in [0.1, 0.15) is 0 Å². The maximum absolute atomic E-state index is 4.70. The number of hydrogen-bond donors (Lipinski definition) is 1. The van der Waals surface area contributed by atoms with Crippen molar-refractivity contribution in [2.75, 3.05) is 13.7 Å². The zero-order chi connectivity index (χ0) is 23.6. The molecule has 6 heteroatoms. The van der Waals surface area contributed by atoms with E-state index < -0.39 is 0 Å². The van der Waals surface area contributed by atoms with E-state index in [0.717, 1.165) is 12.2 Å². The molecule has 0 aliphatic rings. The first-order valence-corrected chi connectivity index (χ1v) is 10.3. The summed E-state index contributed by atoms with van der Waals surface area (Å²) in [6.45, 7) is 17.8. The minimum Gasteiger partial charge on any atom is -0.381 e. The second kappa shape index (κ2) is 16.5. The fraction of sp³-hybridized carbons (Fsp3) is 0.320. The van der Waals surface area contributed by atoms with Crippen molar-refractivity contribution in [2.24, 2.45) is 7.05 Å². The molecule has 2 heterocycles. The van der Waals surface area contributed by atoms with Crippen molar-refractivity contribution in [3.8, 4) is 11.4 Å². The second-order valence-corrected chi connectivity index (χ2v) is 6.05. The molecule has 0 aliphatic heterocycles. The Labute approximate surface area is 187 Å². The number of hydrogen-bond acceptors (Lipinski definition) is 4. The number of H-pyrrole nitrogens is 1. The van der Waals surface area contributed by atoms with Gasteiger partial charge in [-0.25, -0.2) is 0 Å². The van der Waals surface area contributed by atoms with Crippen LogP contribution >= 0.6 is 0 Å². The van der Waals surface area contributed by atoms with Crippen LogP contribution < -0.4 is 0 Å². The van der Waals surface area contributed by atoms with Crippen LogP contribution in [0.4, 0.5) is 0 Å². The predicted molar refractivity (Wildman–Crippen MR) is 134 cm³/mol. The van der Waals surface area contributed by atoms with Crippen LogP contribution in [0.25, 0.3) is 28.4 Å². The molecule has 0 unspecified atom stereocenters.